The van der Waals surface area contributed by atoms with Crippen molar-refractivity contribution >= 4 is 29.3 Å². The highest BCUT2D eigenvalue weighted by Crippen LogP contribution is 2.16. The molecule has 0 spiro atoms. The molecule has 1 saturated heterocycles. The molecule has 20 heavy (non-hydrogen) atoms. The fraction of sp³-hybridized carbons (Fsp3) is 0.583. The van der Waals surface area contributed by atoms with Crippen LogP contribution in [0.2, 0.25) is 0 Å². The Hall–Kier alpha value is -1.54. The number of nitrogens with two attached hydrogens (primary N) is 1. The second kappa shape index (κ2) is 6.76. The van der Waals surface area contributed by atoms with Crippen molar-refractivity contribution in [2.75, 3.05) is 43.6 Å². The summed E-state index contributed by atoms with van der Waals surface area (Å²) in [5.74, 6) is 0.991. The molecule has 2 rings (SSSR count). The zero-order chi connectivity index (χ0) is 14.5. The lowest BCUT2D eigenvalue weighted by molar-refractivity contribution is -0.135. The molecule has 0 saturated carbocycles. The fourth-order valence-corrected chi connectivity index (χ4v) is 2.34. The predicted molar refractivity (Wildman–Crippen MR) is 78.7 cm³/mol. The van der Waals surface area contributed by atoms with Crippen molar-refractivity contribution in [1.29, 1.82) is 0 Å². The number of nitrogen functional groups attached to an aromatic ring is 1. The summed E-state index contributed by atoms with van der Waals surface area (Å²) in [7, 11) is 0. The third-order valence-corrected chi connectivity index (χ3v) is 3.51. The van der Waals surface area contributed by atoms with E-state index < -0.39 is 0 Å². The van der Waals surface area contributed by atoms with E-state index in [1.807, 2.05) is 13.2 Å². The predicted octanol–water partition coefficient (Wildman–Crippen LogP) is 0.440. The topological polar surface area (TPSA) is 93.4 Å². The maximum Gasteiger partial charge on any atom is 0.244 e. The number of anilines is 2. The molecular formula is C12H19N5O2S. The smallest absolute Gasteiger partial charge is 0.244 e. The van der Waals surface area contributed by atoms with E-state index in [1.165, 1.54) is 11.8 Å². The van der Waals surface area contributed by atoms with Crippen LogP contribution < -0.4 is 11.1 Å². The lowest BCUT2D eigenvalue weighted by atomic mass is 10.2. The number of amides is 1. The Morgan fingerprint density at radius 3 is 2.85 bits per heavy atom. The summed E-state index contributed by atoms with van der Waals surface area (Å²) in [6, 6.07) is 1.26. The molecule has 8 heteroatoms. The molecule has 0 radical (unpaired) electrons. The van der Waals surface area contributed by atoms with Gasteiger partial charge < -0.3 is 20.7 Å². The van der Waals surface area contributed by atoms with E-state index in [1.54, 1.807) is 11.0 Å². The highest BCUT2D eigenvalue weighted by atomic mass is 32.2. The molecule has 1 aliphatic rings. The normalized spacial score (nSPS) is 16.8. The Bertz CT molecular complexity index is 479. The zero-order valence-corrected chi connectivity index (χ0v) is 12.4. The Morgan fingerprint density at radius 2 is 2.20 bits per heavy atom. The number of morpholine rings is 1. The van der Waals surface area contributed by atoms with Crippen LogP contribution in [0.3, 0.4) is 0 Å². The summed E-state index contributed by atoms with van der Waals surface area (Å²) in [5, 5.41) is 3.66. The van der Waals surface area contributed by atoms with Gasteiger partial charge in [-0.2, -0.15) is 0 Å². The maximum absolute atomic E-state index is 12.3. The van der Waals surface area contributed by atoms with Gasteiger partial charge in [-0.25, -0.2) is 9.97 Å². The van der Waals surface area contributed by atoms with Gasteiger partial charge in [0.1, 0.15) is 17.7 Å². The van der Waals surface area contributed by atoms with Crippen LogP contribution in [0.25, 0.3) is 0 Å². The van der Waals surface area contributed by atoms with Gasteiger partial charge in [-0.15, -0.1) is 0 Å². The molecule has 1 aliphatic heterocycles. The minimum Gasteiger partial charge on any atom is -0.383 e. The first kappa shape index (κ1) is 14.9. The lowest BCUT2D eigenvalue weighted by Crippen LogP contribution is -2.47. The minimum atomic E-state index is -0.364. The van der Waals surface area contributed by atoms with Crippen LogP contribution in [0.15, 0.2) is 11.2 Å². The van der Waals surface area contributed by atoms with E-state index in [-0.39, 0.29) is 11.9 Å². The second-order valence-corrected chi connectivity index (χ2v) is 5.24. The molecule has 1 aromatic heterocycles. The van der Waals surface area contributed by atoms with Gasteiger partial charge in [0.05, 0.1) is 13.2 Å². The number of ether oxygens (including phenoxy) is 1. The maximum atomic E-state index is 12.3. The monoisotopic (exact) mass is 297 g/mol. The molecule has 3 N–H and O–H groups in total. The van der Waals surface area contributed by atoms with Crippen LogP contribution in [-0.2, 0) is 9.53 Å². The molecule has 1 unspecified atom stereocenters. The fourth-order valence-electron chi connectivity index (χ4n) is 1.95. The van der Waals surface area contributed by atoms with E-state index in [4.69, 9.17) is 10.5 Å². The van der Waals surface area contributed by atoms with Gasteiger partial charge in [0.15, 0.2) is 5.16 Å². The summed E-state index contributed by atoms with van der Waals surface area (Å²) in [5.41, 5.74) is 5.71. The van der Waals surface area contributed by atoms with Gasteiger partial charge in [-0.3, -0.25) is 4.79 Å². The van der Waals surface area contributed by atoms with Gasteiger partial charge in [0.2, 0.25) is 5.91 Å². The summed E-state index contributed by atoms with van der Waals surface area (Å²) in [6.45, 7) is 4.26. The summed E-state index contributed by atoms with van der Waals surface area (Å²) < 4.78 is 5.24. The Balaban J connectivity index is 2.01. The molecule has 0 aromatic carbocycles. The van der Waals surface area contributed by atoms with Gasteiger partial charge in [-0.05, 0) is 13.2 Å². The van der Waals surface area contributed by atoms with E-state index in [2.05, 4.69) is 15.3 Å². The van der Waals surface area contributed by atoms with Gasteiger partial charge >= 0.3 is 0 Å². The molecule has 0 aliphatic carbocycles. The molecular weight excluding hydrogens is 278 g/mol. The van der Waals surface area contributed by atoms with E-state index >= 15 is 0 Å². The van der Waals surface area contributed by atoms with Crippen molar-refractivity contribution in [1.82, 2.24) is 14.9 Å². The van der Waals surface area contributed by atoms with Crippen molar-refractivity contribution < 1.29 is 9.53 Å². The lowest BCUT2D eigenvalue weighted by Gasteiger charge is -2.29. The van der Waals surface area contributed by atoms with Crippen LogP contribution in [0.4, 0.5) is 11.6 Å². The molecule has 2 heterocycles. The molecule has 1 fully saturated rings. The van der Waals surface area contributed by atoms with Gasteiger partial charge in [0.25, 0.3) is 0 Å². The van der Waals surface area contributed by atoms with Crippen LogP contribution in [0.1, 0.15) is 6.92 Å². The highest BCUT2D eigenvalue weighted by molar-refractivity contribution is 7.98. The number of hydrogen-bond acceptors (Lipinski definition) is 7. The molecule has 110 valence electrons. The zero-order valence-electron chi connectivity index (χ0n) is 11.6. The van der Waals surface area contributed by atoms with E-state index in [9.17, 15) is 4.79 Å². The molecule has 1 amide bonds. The first-order valence-corrected chi connectivity index (χ1v) is 7.64. The van der Waals surface area contributed by atoms with Crippen molar-refractivity contribution in [3.8, 4) is 0 Å². The average molecular weight is 297 g/mol. The van der Waals surface area contributed by atoms with Gasteiger partial charge in [0, 0.05) is 19.2 Å². The average Bonchev–Trinajstić information content (AvgIpc) is 2.46. The SMILES string of the molecule is CSc1nc(N)cc(NC(C)C(=O)N2CCOCC2)n1. The Labute approximate surface area is 122 Å². The third kappa shape index (κ3) is 3.73. The largest absolute Gasteiger partial charge is 0.383 e. The third-order valence-electron chi connectivity index (χ3n) is 2.97. The quantitative estimate of drug-likeness (QED) is 0.615. The number of thioether (sulfide) groups is 1. The van der Waals surface area contributed by atoms with Crippen molar-refractivity contribution in [2.45, 2.75) is 18.1 Å². The van der Waals surface area contributed by atoms with Crippen LogP contribution in [0, 0.1) is 0 Å². The number of rotatable bonds is 4. The first-order chi connectivity index (χ1) is 9.60. The Morgan fingerprint density at radius 1 is 1.50 bits per heavy atom. The van der Waals surface area contributed by atoms with Crippen LogP contribution >= 0.6 is 11.8 Å². The number of carbonyl (C=O) groups is 1. The minimum absolute atomic E-state index is 0.0381. The van der Waals surface area contributed by atoms with Crippen molar-refractivity contribution in [3.05, 3.63) is 6.07 Å². The molecule has 7 nitrogen and oxygen atoms in total. The van der Waals surface area contributed by atoms with Gasteiger partial charge in [-0.1, -0.05) is 11.8 Å². The van der Waals surface area contributed by atoms with E-state index in [0.717, 1.165) is 0 Å². The number of aromatic nitrogens is 2. The molecule has 1 atom stereocenters. The van der Waals surface area contributed by atoms with Crippen molar-refractivity contribution in [2.24, 2.45) is 0 Å². The molecule has 1 aromatic rings. The number of nitrogens with zero attached hydrogens (tertiary/aromatic N) is 3. The standard InChI is InChI=1S/C12H19N5O2S/c1-8(11(18)17-3-5-19-6-4-17)14-10-7-9(13)15-12(16-10)20-2/h7-8H,3-6H2,1-2H3,(H3,13,14,15,16). The highest BCUT2D eigenvalue weighted by Gasteiger charge is 2.22. The van der Waals surface area contributed by atoms with E-state index in [0.29, 0.717) is 43.1 Å². The van der Waals surface area contributed by atoms with Crippen LogP contribution in [-0.4, -0.2) is 59.4 Å². The first-order valence-electron chi connectivity index (χ1n) is 6.42. The van der Waals surface area contributed by atoms with Crippen molar-refractivity contribution in [3.63, 3.8) is 0 Å². The molecule has 0 bridgehead atoms. The summed E-state index contributed by atoms with van der Waals surface area (Å²) in [4.78, 5) is 22.4. The Kier molecular flexibility index (Phi) is 5.02. The number of nitrogens with one attached hydrogen (secondary N) is 1. The second-order valence-electron chi connectivity index (χ2n) is 4.47. The summed E-state index contributed by atoms with van der Waals surface area (Å²) >= 11 is 1.41. The number of hydrogen-bond donors (Lipinski definition) is 2. The summed E-state index contributed by atoms with van der Waals surface area (Å²) in [6.07, 6.45) is 1.88. The van der Waals surface area contributed by atoms with Crippen LogP contribution in [0.5, 0.6) is 0 Å². The number of carbonyl (C=O) groups excluding carboxylic acids is 1.